The second-order valence-corrected chi connectivity index (χ2v) is 4.17. The molecule has 22 heavy (non-hydrogen) atoms. The Labute approximate surface area is 130 Å². The summed E-state index contributed by atoms with van der Waals surface area (Å²) in [5.74, 6) is -1.17. The number of carboxylic acid groups (broad SMARTS) is 1. The molecule has 0 bridgehead atoms. The molecule has 0 aliphatic carbocycles. The molecule has 9 nitrogen and oxygen atoms in total. The van der Waals surface area contributed by atoms with Crippen LogP contribution in [0.15, 0.2) is 24.8 Å². The molecule has 1 saturated heterocycles. The van der Waals surface area contributed by atoms with Crippen LogP contribution in [-0.2, 0) is 0 Å². The number of amides is 2. The predicted molar refractivity (Wildman–Crippen MR) is 77.2 cm³/mol. The smallest absolute Gasteiger partial charge is 0.357 e. The Morgan fingerprint density at radius 3 is 1.68 bits per heavy atom. The number of carbonyl (C=O) groups is 2. The molecule has 3 N–H and O–H groups in total. The lowest BCUT2D eigenvalue weighted by Crippen LogP contribution is -2.01. The number of nitrogens with one attached hydrogen (secondary N) is 2. The summed E-state index contributed by atoms with van der Waals surface area (Å²) in [6.07, 6.45) is 5.99. The molecule has 0 aromatic carbocycles. The Hall–Kier alpha value is -2.81. The lowest BCUT2D eigenvalue weighted by molar-refractivity contribution is 0.0690. The summed E-state index contributed by atoms with van der Waals surface area (Å²) < 4.78 is 0. The first-order valence-corrected chi connectivity index (χ1v) is 6.29. The fraction of sp³-hybridized carbons (Fsp3) is 0.167. The molecule has 1 aliphatic rings. The van der Waals surface area contributed by atoms with Gasteiger partial charge in [-0.2, -0.15) is 0 Å². The van der Waals surface area contributed by atoms with Crippen molar-refractivity contribution in [2.45, 2.75) is 13.8 Å². The van der Waals surface area contributed by atoms with E-state index in [0.29, 0.717) is 0 Å². The number of carbonyl (C=O) groups excluding carboxylic acids is 1. The summed E-state index contributed by atoms with van der Waals surface area (Å²) >= 11 is 5.36. The molecule has 3 heterocycles. The zero-order valence-electron chi connectivity index (χ0n) is 11.7. The SMILES string of the molecule is Cc1nccnc1C.O=C(O)c1nccnc1Cl.O=C1NN1. The Morgan fingerprint density at radius 1 is 1.00 bits per heavy atom. The molecule has 116 valence electrons. The fourth-order valence-electron chi connectivity index (χ4n) is 0.967. The van der Waals surface area contributed by atoms with Crippen molar-refractivity contribution in [1.82, 2.24) is 30.8 Å². The van der Waals surface area contributed by atoms with E-state index in [4.69, 9.17) is 16.7 Å². The summed E-state index contributed by atoms with van der Waals surface area (Å²) in [5.41, 5.74) is 6.21. The van der Waals surface area contributed by atoms with Gasteiger partial charge in [0.15, 0.2) is 10.8 Å². The third kappa shape index (κ3) is 6.57. The second-order valence-electron chi connectivity index (χ2n) is 3.81. The lowest BCUT2D eigenvalue weighted by Gasteiger charge is -1.92. The normalized spacial score (nSPS) is 10.8. The second kappa shape index (κ2) is 8.47. The molecule has 2 aromatic heterocycles. The Balaban J connectivity index is 0.000000179. The first kappa shape index (κ1) is 17.2. The van der Waals surface area contributed by atoms with Gasteiger partial charge in [-0.15, -0.1) is 0 Å². The summed E-state index contributed by atoms with van der Waals surface area (Å²) in [4.78, 5) is 34.6. The standard InChI is InChI=1S/C6H8N2.C5H3ClN2O2.CH2N2O/c1-5-6(2)8-4-3-7-5;6-4-3(5(9)10)7-1-2-8-4;4-1-2-3-1/h3-4H,1-2H3;1-2H,(H,9,10);(H2,2,3,4). The fourth-order valence-corrected chi connectivity index (χ4v) is 1.15. The van der Waals surface area contributed by atoms with E-state index >= 15 is 0 Å². The van der Waals surface area contributed by atoms with Crippen molar-refractivity contribution >= 4 is 23.6 Å². The van der Waals surface area contributed by atoms with Gasteiger partial charge in [-0.3, -0.25) is 9.97 Å². The van der Waals surface area contributed by atoms with Crippen molar-refractivity contribution < 1.29 is 14.7 Å². The molecule has 0 atom stereocenters. The van der Waals surface area contributed by atoms with Gasteiger partial charge in [-0.1, -0.05) is 11.6 Å². The third-order valence-electron chi connectivity index (χ3n) is 2.21. The zero-order valence-corrected chi connectivity index (χ0v) is 12.5. The average molecular weight is 325 g/mol. The van der Waals surface area contributed by atoms with Gasteiger partial charge in [0.05, 0.1) is 11.4 Å². The van der Waals surface area contributed by atoms with E-state index in [1.807, 2.05) is 13.8 Å². The third-order valence-corrected chi connectivity index (χ3v) is 2.49. The number of carboxylic acids is 1. The van der Waals surface area contributed by atoms with Gasteiger partial charge < -0.3 is 5.11 Å². The summed E-state index contributed by atoms with van der Waals surface area (Å²) in [6.45, 7) is 3.89. The van der Waals surface area contributed by atoms with E-state index in [1.54, 1.807) is 12.4 Å². The molecule has 2 amide bonds. The van der Waals surface area contributed by atoms with Gasteiger partial charge in [-0.25, -0.2) is 30.4 Å². The molecule has 0 radical (unpaired) electrons. The number of aryl methyl sites for hydroxylation is 2. The van der Waals surface area contributed by atoms with Crippen LogP contribution in [0.5, 0.6) is 0 Å². The van der Waals surface area contributed by atoms with Crippen LogP contribution in [0.3, 0.4) is 0 Å². The number of hydrogen-bond donors (Lipinski definition) is 3. The van der Waals surface area contributed by atoms with Crippen LogP contribution >= 0.6 is 11.6 Å². The Kier molecular flexibility index (Phi) is 6.64. The Morgan fingerprint density at radius 2 is 1.41 bits per heavy atom. The van der Waals surface area contributed by atoms with Gasteiger partial charge in [0, 0.05) is 24.8 Å². The van der Waals surface area contributed by atoms with E-state index in [2.05, 4.69) is 30.8 Å². The summed E-state index contributed by atoms with van der Waals surface area (Å²) in [7, 11) is 0. The minimum absolute atomic E-state index is 0.0833. The minimum Gasteiger partial charge on any atom is -0.476 e. The molecule has 1 fully saturated rings. The van der Waals surface area contributed by atoms with Gasteiger partial charge in [-0.05, 0) is 13.8 Å². The average Bonchev–Trinajstić information content (AvgIpc) is 3.26. The molecule has 10 heteroatoms. The van der Waals surface area contributed by atoms with Crippen LogP contribution in [0, 0.1) is 13.8 Å². The number of aromatic nitrogens is 4. The molecule has 1 aliphatic heterocycles. The highest BCUT2D eigenvalue weighted by atomic mass is 35.5. The van der Waals surface area contributed by atoms with Crippen molar-refractivity contribution in [2.24, 2.45) is 0 Å². The van der Waals surface area contributed by atoms with E-state index in [1.165, 1.54) is 12.4 Å². The number of halogens is 1. The molecule has 0 spiro atoms. The van der Waals surface area contributed by atoms with Crippen LogP contribution in [0.25, 0.3) is 0 Å². The number of urea groups is 1. The highest BCUT2D eigenvalue weighted by Crippen LogP contribution is 2.06. The van der Waals surface area contributed by atoms with E-state index < -0.39 is 5.97 Å². The Bertz CT molecular complexity index is 640. The van der Waals surface area contributed by atoms with Crippen molar-refractivity contribution in [3.8, 4) is 0 Å². The monoisotopic (exact) mass is 324 g/mol. The summed E-state index contributed by atoms with van der Waals surface area (Å²) in [5, 5.41) is 8.29. The van der Waals surface area contributed by atoms with Crippen LogP contribution in [0.2, 0.25) is 5.15 Å². The van der Waals surface area contributed by atoms with Crippen molar-refractivity contribution in [3.05, 3.63) is 47.0 Å². The molecule has 3 rings (SSSR count). The number of aromatic carboxylic acids is 1. The largest absolute Gasteiger partial charge is 0.476 e. The molecular formula is C12H13ClN6O3. The maximum Gasteiger partial charge on any atom is 0.357 e. The lowest BCUT2D eigenvalue weighted by atomic mass is 10.4. The maximum absolute atomic E-state index is 10.2. The van der Waals surface area contributed by atoms with Crippen LogP contribution < -0.4 is 10.9 Å². The topological polar surface area (TPSA) is 150 Å². The minimum atomic E-state index is -1.17. The molecule has 0 saturated carbocycles. The first-order chi connectivity index (χ1) is 10.4. The van der Waals surface area contributed by atoms with Crippen molar-refractivity contribution in [1.29, 1.82) is 0 Å². The highest BCUT2D eigenvalue weighted by molar-refractivity contribution is 6.31. The van der Waals surface area contributed by atoms with E-state index in [9.17, 15) is 9.59 Å². The van der Waals surface area contributed by atoms with Crippen LogP contribution in [-0.4, -0.2) is 37.0 Å². The predicted octanol–water partition coefficient (Wildman–Crippen LogP) is 1.14. The first-order valence-electron chi connectivity index (χ1n) is 5.91. The van der Waals surface area contributed by atoms with Crippen LogP contribution in [0.4, 0.5) is 4.79 Å². The molecular weight excluding hydrogens is 312 g/mol. The van der Waals surface area contributed by atoms with Gasteiger partial charge >= 0.3 is 12.0 Å². The highest BCUT2D eigenvalue weighted by Gasteiger charge is 2.09. The van der Waals surface area contributed by atoms with Crippen molar-refractivity contribution in [3.63, 3.8) is 0 Å². The van der Waals surface area contributed by atoms with Crippen LogP contribution in [0.1, 0.15) is 21.9 Å². The van der Waals surface area contributed by atoms with Gasteiger partial charge in [0.2, 0.25) is 0 Å². The number of nitrogens with zero attached hydrogens (tertiary/aromatic N) is 4. The van der Waals surface area contributed by atoms with E-state index in [0.717, 1.165) is 11.4 Å². The quantitative estimate of drug-likeness (QED) is 0.665. The van der Waals surface area contributed by atoms with E-state index in [-0.39, 0.29) is 16.9 Å². The van der Waals surface area contributed by atoms with Gasteiger partial charge in [0.25, 0.3) is 0 Å². The molecule has 0 unspecified atom stereocenters. The number of hydrazine groups is 1. The van der Waals surface area contributed by atoms with Crippen molar-refractivity contribution in [2.75, 3.05) is 0 Å². The molecule has 2 aromatic rings. The van der Waals surface area contributed by atoms with Gasteiger partial charge in [0.1, 0.15) is 0 Å². The maximum atomic E-state index is 10.2. The number of rotatable bonds is 1. The summed E-state index contributed by atoms with van der Waals surface area (Å²) in [6, 6.07) is -0.0833. The number of hydrogen-bond acceptors (Lipinski definition) is 6. The zero-order chi connectivity index (χ0) is 16.5.